The third-order valence-electron chi connectivity index (χ3n) is 3.31. The Morgan fingerprint density at radius 1 is 1.39 bits per heavy atom. The molecule has 0 unspecified atom stereocenters. The highest BCUT2D eigenvalue weighted by Gasteiger charge is 2.16. The van der Waals surface area contributed by atoms with Gasteiger partial charge in [0.15, 0.2) is 0 Å². The van der Waals surface area contributed by atoms with Crippen LogP contribution in [0.3, 0.4) is 0 Å². The van der Waals surface area contributed by atoms with E-state index in [0.29, 0.717) is 18.2 Å². The van der Waals surface area contributed by atoms with Gasteiger partial charge in [-0.3, -0.25) is 4.79 Å². The van der Waals surface area contributed by atoms with Gasteiger partial charge in [-0.15, -0.1) is 0 Å². The number of anilines is 1. The zero-order valence-corrected chi connectivity index (χ0v) is 15.1. The number of benzene rings is 1. The van der Waals surface area contributed by atoms with Gasteiger partial charge < -0.3 is 10.1 Å². The summed E-state index contributed by atoms with van der Waals surface area (Å²) in [5, 5.41) is 7.00. The number of ether oxygens (including phenoxy) is 1. The van der Waals surface area contributed by atoms with Crippen LogP contribution >= 0.6 is 15.9 Å². The molecule has 6 nitrogen and oxygen atoms in total. The van der Waals surface area contributed by atoms with Gasteiger partial charge in [0.25, 0.3) is 5.91 Å². The Hall–Kier alpha value is -1.73. The third-order valence-corrected chi connectivity index (χ3v) is 3.81. The molecule has 2 rings (SSSR count). The lowest BCUT2D eigenvalue weighted by atomic mass is 10.1. The van der Waals surface area contributed by atoms with E-state index in [1.807, 2.05) is 18.2 Å². The summed E-state index contributed by atoms with van der Waals surface area (Å²) in [6.07, 6.45) is 3.45. The van der Waals surface area contributed by atoms with Gasteiger partial charge in [0.05, 0.1) is 11.4 Å². The number of halogens is 1. The molecule has 0 spiro atoms. The Morgan fingerprint density at radius 3 is 2.83 bits per heavy atom. The fourth-order valence-corrected chi connectivity index (χ4v) is 2.29. The van der Waals surface area contributed by atoms with Crippen LogP contribution in [-0.2, 0) is 9.53 Å². The smallest absolute Gasteiger partial charge is 0.253 e. The van der Waals surface area contributed by atoms with Gasteiger partial charge in [0, 0.05) is 11.1 Å². The van der Waals surface area contributed by atoms with E-state index >= 15 is 0 Å². The standard InChI is InChI=1S/C16H21BrN4O2/c1-11(2)6-7-23-12(3)16(22)20-14-8-13(17)4-5-15(14)21-10-18-9-19-21/h4-5,8-12H,6-7H2,1-3H3,(H,20,22)/t12-/m0/s1. The Bertz CT molecular complexity index is 644. The number of hydrogen-bond acceptors (Lipinski definition) is 4. The van der Waals surface area contributed by atoms with Gasteiger partial charge in [-0.25, -0.2) is 9.67 Å². The summed E-state index contributed by atoms with van der Waals surface area (Å²) in [6.45, 7) is 6.57. The molecule has 124 valence electrons. The number of nitrogens with zero attached hydrogens (tertiary/aromatic N) is 3. The molecule has 0 fully saturated rings. The van der Waals surface area contributed by atoms with Crippen molar-refractivity contribution in [1.82, 2.24) is 14.8 Å². The van der Waals surface area contributed by atoms with E-state index in [1.165, 1.54) is 6.33 Å². The molecule has 0 aliphatic carbocycles. The van der Waals surface area contributed by atoms with E-state index in [0.717, 1.165) is 16.6 Å². The first kappa shape index (κ1) is 17.6. The Kier molecular flexibility index (Phi) is 6.29. The molecule has 0 bridgehead atoms. The maximum absolute atomic E-state index is 12.3. The van der Waals surface area contributed by atoms with Gasteiger partial charge >= 0.3 is 0 Å². The molecule has 0 aliphatic rings. The largest absolute Gasteiger partial charge is 0.369 e. The lowest BCUT2D eigenvalue weighted by molar-refractivity contribution is -0.126. The quantitative estimate of drug-likeness (QED) is 0.798. The molecule has 0 aliphatic heterocycles. The van der Waals surface area contributed by atoms with Crippen LogP contribution in [0.5, 0.6) is 0 Å². The summed E-state index contributed by atoms with van der Waals surface area (Å²) >= 11 is 3.42. The molecular weight excluding hydrogens is 360 g/mol. The zero-order valence-electron chi connectivity index (χ0n) is 13.5. The Balaban J connectivity index is 2.07. The summed E-state index contributed by atoms with van der Waals surface area (Å²) in [5.74, 6) is 0.363. The molecule has 23 heavy (non-hydrogen) atoms. The van der Waals surface area contributed by atoms with Crippen molar-refractivity contribution >= 4 is 27.5 Å². The van der Waals surface area contributed by atoms with Crippen LogP contribution < -0.4 is 5.32 Å². The highest BCUT2D eigenvalue weighted by Crippen LogP contribution is 2.24. The van der Waals surface area contributed by atoms with Crippen LogP contribution in [0, 0.1) is 5.92 Å². The minimum Gasteiger partial charge on any atom is -0.369 e. The van der Waals surface area contributed by atoms with Crippen LogP contribution in [-0.4, -0.2) is 33.4 Å². The first-order chi connectivity index (χ1) is 11.0. The van der Waals surface area contributed by atoms with Gasteiger partial charge in [-0.05, 0) is 37.5 Å². The molecule has 0 radical (unpaired) electrons. The first-order valence-corrected chi connectivity index (χ1v) is 8.33. The van der Waals surface area contributed by atoms with E-state index in [-0.39, 0.29) is 5.91 Å². The molecule has 1 atom stereocenters. The number of hydrogen-bond donors (Lipinski definition) is 1. The van der Waals surface area contributed by atoms with E-state index < -0.39 is 6.10 Å². The number of nitrogens with one attached hydrogen (secondary N) is 1. The minimum atomic E-state index is -0.517. The molecule has 0 saturated heterocycles. The maximum atomic E-state index is 12.3. The second-order valence-electron chi connectivity index (χ2n) is 5.69. The van der Waals surface area contributed by atoms with Crippen molar-refractivity contribution in [3.8, 4) is 5.69 Å². The second kappa shape index (κ2) is 8.21. The molecule has 0 saturated carbocycles. The molecule has 1 heterocycles. The first-order valence-electron chi connectivity index (χ1n) is 7.54. The Morgan fingerprint density at radius 2 is 2.17 bits per heavy atom. The summed E-state index contributed by atoms with van der Waals surface area (Å²) in [6, 6.07) is 5.57. The molecule has 7 heteroatoms. The topological polar surface area (TPSA) is 69.0 Å². The van der Waals surface area contributed by atoms with Crippen LogP contribution in [0.15, 0.2) is 35.3 Å². The average molecular weight is 381 g/mol. The lowest BCUT2D eigenvalue weighted by Crippen LogP contribution is -2.28. The van der Waals surface area contributed by atoms with Crippen molar-refractivity contribution in [2.24, 2.45) is 5.92 Å². The number of rotatable bonds is 7. The van der Waals surface area contributed by atoms with Crippen molar-refractivity contribution in [3.63, 3.8) is 0 Å². The highest BCUT2D eigenvalue weighted by atomic mass is 79.9. The second-order valence-corrected chi connectivity index (χ2v) is 6.60. The predicted octanol–water partition coefficient (Wildman–Crippen LogP) is 3.42. The fourth-order valence-electron chi connectivity index (χ4n) is 1.93. The van der Waals surface area contributed by atoms with Gasteiger partial charge in [0.1, 0.15) is 18.8 Å². The molecular formula is C16H21BrN4O2. The average Bonchev–Trinajstić information content (AvgIpc) is 3.00. The molecule has 1 N–H and O–H groups in total. The third kappa shape index (κ3) is 5.14. The highest BCUT2D eigenvalue weighted by molar-refractivity contribution is 9.10. The van der Waals surface area contributed by atoms with E-state index in [9.17, 15) is 4.79 Å². The monoisotopic (exact) mass is 380 g/mol. The van der Waals surface area contributed by atoms with Gasteiger partial charge in [-0.1, -0.05) is 29.8 Å². The maximum Gasteiger partial charge on any atom is 0.253 e. The minimum absolute atomic E-state index is 0.187. The van der Waals surface area contributed by atoms with Crippen LogP contribution in [0.1, 0.15) is 27.2 Å². The fraction of sp³-hybridized carbons (Fsp3) is 0.438. The molecule has 2 aromatic rings. The van der Waals surface area contributed by atoms with Gasteiger partial charge in [-0.2, -0.15) is 5.10 Å². The van der Waals surface area contributed by atoms with Crippen molar-refractivity contribution in [2.45, 2.75) is 33.3 Å². The molecule has 1 amide bonds. The summed E-state index contributed by atoms with van der Waals surface area (Å²) in [5.41, 5.74) is 1.39. The van der Waals surface area contributed by atoms with Crippen molar-refractivity contribution in [2.75, 3.05) is 11.9 Å². The van der Waals surface area contributed by atoms with Crippen LogP contribution in [0.25, 0.3) is 5.69 Å². The SMILES string of the molecule is CC(C)CCO[C@@H](C)C(=O)Nc1cc(Br)ccc1-n1cncn1. The van der Waals surface area contributed by atoms with Crippen molar-refractivity contribution in [3.05, 3.63) is 35.3 Å². The van der Waals surface area contributed by atoms with E-state index in [1.54, 1.807) is 17.9 Å². The van der Waals surface area contributed by atoms with Crippen molar-refractivity contribution < 1.29 is 9.53 Å². The Labute approximate surface area is 144 Å². The number of carbonyl (C=O) groups excluding carboxylic acids is 1. The van der Waals surface area contributed by atoms with E-state index in [2.05, 4.69) is 45.2 Å². The summed E-state index contributed by atoms with van der Waals surface area (Å²) in [4.78, 5) is 16.3. The number of amides is 1. The predicted molar refractivity (Wildman–Crippen MR) is 92.6 cm³/mol. The summed E-state index contributed by atoms with van der Waals surface area (Å²) in [7, 11) is 0. The molecule has 1 aromatic heterocycles. The molecule has 1 aromatic carbocycles. The van der Waals surface area contributed by atoms with E-state index in [4.69, 9.17) is 4.74 Å². The zero-order chi connectivity index (χ0) is 16.8. The lowest BCUT2D eigenvalue weighted by Gasteiger charge is -2.16. The van der Waals surface area contributed by atoms with Crippen LogP contribution in [0.2, 0.25) is 0 Å². The van der Waals surface area contributed by atoms with Gasteiger partial charge in [0.2, 0.25) is 0 Å². The van der Waals surface area contributed by atoms with Crippen LogP contribution in [0.4, 0.5) is 5.69 Å². The van der Waals surface area contributed by atoms with Crippen molar-refractivity contribution in [1.29, 1.82) is 0 Å². The number of aromatic nitrogens is 3. The summed E-state index contributed by atoms with van der Waals surface area (Å²) < 4.78 is 8.06. The normalized spacial score (nSPS) is 12.4. The number of carbonyl (C=O) groups is 1.